The van der Waals surface area contributed by atoms with Crippen molar-refractivity contribution >= 4 is 28.7 Å². The van der Waals surface area contributed by atoms with Crippen LogP contribution in [0.2, 0.25) is 0 Å². The number of thiocarbonyl (C=S) groups is 1. The van der Waals surface area contributed by atoms with Crippen LogP contribution in [-0.2, 0) is 12.8 Å². The van der Waals surface area contributed by atoms with Crippen molar-refractivity contribution in [3.63, 3.8) is 0 Å². The summed E-state index contributed by atoms with van der Waals surface area (Å²) in [5.74, 6) is 0. The molecule has 0 amide bonds. The van der Waals surface area contributed by atoms with Gasteiger partial charge in [0, 0.05) is 11.4 Å². The molecule has 2 aromatic carbocycles. The molecule has 3 rings (SSSR count). The van der Waals surface area contributed by atoms with Gasteiger partial charge in [0.2, 0.25) is 0 Å². The summed E-state index contributed by atoms with van der Waals surface area (Å²) in [4.78, 5) is 0. The van der Waals surface area contributed by atoms with Gasteiger partial charge in [-0.05, 0) is 80.1 Å². The van der Waals surface area contributed by atoms with Crippen molar-refractivity contribution in [3.05, 3.63) is 58.7 Å². The molecule has 114 valence electrons. The Morgan fingerprint density at radius 2 is 1.59 bits per heavy atom. The average Bonchev–Trinajstić information content (AvgIpc) is 2.51. The van der Waals surface area contributed by atoms with Gasteiger partial charge in [-0.3, -0.25) is 0 Å². The number of fused-ring (bicyclic) bond motifs is 1. The van der Waals surface area contributed by atoms with Crippen molar-refractivity contribution in [2.24, 2.45) is 0 Å². The predicted octanol–water partition coefficient (Wildman–Crippen LogP) is 4.99. The number of hydrogen-bond donors (Lipinski definition) is 2. The molecule has 0 unspecified atom stereocenters. The number of rotatable bonds is 2. The zero-order valence-electron chi connectivity index (χ0n) is 13.2. The normalized spacial score (nSPS) is 13.4. The lowest BCUT2D eigenvalue weighted by molar-refractivity contribution is 0.687. The van der Waals surface area contributed by atoms with Crippen LogP contribution in [0.3, 0.4) is 0 Å². The van der Waals surface area contributed by atoms with Crippen LogP contribution in [0.1, 0.15) is 35.1 Å². The van der Waals surface area contributed by atoms with E-state index in [4.69, 9.17) is 12.2 Å². The number of nitrogens with one attached hydrogen (secondary N) is 2. The Kier molecular flexibility index (Phi) is 4.44. The van der Waals surface area contributed by atoms with E-state index < -0.39 is 0 Å². The Bertz CT molecular complexity index is 686. The molecule has 0 saturated heterocycles. The molecule has 0 atom stereocenters. The zero-order valence-corrected chi connectivity index (χ0v) is 14.0. The van der Waals surface area contributed by atoms with Gasteiger partial charge in [0.15, 0.2) is 5.11 Å². The molecule has 2 nitrogen and oxygen atoms in total. The lowest BCUT2D eigenvalue weighted by Crippen LogP contribution is -2.21. The molecular weight excluding hydrogens is 288 g/mol. The van der Waals surface area contributed by atoms with E-state index in [0.717, 1.165) is 17.8 Å². The molecule has 1 aliphatic rings. The van der Waals surface area contributed by atoms with Gasteiger partial charge < -0.3 is 10.6 Å². The second-order valence-corrected chi connectivity index (χ2v) is 6.40. The summed E-state index contributed by atoms with van der Waals surface area (Å²) in [6, 6.07) is 12.8. The van der Waals surface area contributed by atoms with E-state index in [1.807, 2.05) is 0 Å². The zero-order chi connectivity index (χ0) is 15.5. The molecule has 0 spiro atoms. The maximum atomic E-state index is 5.52. The Labute approximate surface area is 137 Å². The molecule has 0 fully saturated rings. The molecule has 2 aromatic rings. The topological polar surface area (TPSA) is 24.1 Å². The van der Waals surface area contributed by atoms with Crippen molar-refractivity contribution < 1.29 is 0 Å². The maximum absolute atomic E-state index is 5.52. The molecule has 0 bridgehead atoms. The highest BCUT2D eigenvalue weighted by Crippen LogP contribution is 2.28. The van der Waals surface area contributed by atoms with Crippen molar-refractivity contribution in [2.75, 3.05) is 10.6 Å². The number of anilines is 2. The second kappa shape index (κ2) is 6.49. The Morgan fingerprint density at radius 3 is 2.36 bits per heavy atom. The van der Waals surface area contributed by atoms with Crippen LogP contribution in [0.25, 0.3) is 0 Å². The number of benzene rings is 2. The van der Waals surface area contributed by atoms with Crippen LogP contribution in [0.15, 0.2) is 36.4 Å². The first-order valence-electron chi connectivity index (χ1n) is 7.90. The summed E-state index contributed by atoms with van der Waals surface area (Å²) in [6.45, 7) is 4.20. The fraction of sp³-hybridized carbons (Fsp3) is 0.316. The molecule has 3 heteroatoms. The lowest BCUT2D eigenvalue weighted by Gasteiger charge is -2.21. The van der Waals surface area contributed by atoms with E-state index >= 15 is 0 Å². The van der Waals surface area contributed by atoms with Gasteiger partial charge in [-0.25, -0.2) is 0 Å². The largest absolute Gasteiger partial charge is 0.332 e. The third-order valence-electron chi connectivity index (χ3n) is 4.36. The summed E-state index contributed by atoms with van der Waals surface area (Å²) in [7, 11) is 0. The van der Waals surface area contributed by atoms with E-state index in [2.05, 4.69) is 60.9 Å². The summed E-state index contributed by atoms with van der Waals surface area (Å²) in [5.41, 5.74) is 7.56. The molecule has 0 saturated carbocycles. The summed E-state index contributed by atoms with van der Waals surface area (Å²) in [6.07, 6.45) is 4.89. The van der Waals surface area contributed by atoms with Crippen molar-refractivity contribution in [1.82, 2.24) is 0 Å². The average molecular weight is 310 g/mol. The fourth-order valence-corrected chi connectivity index (χ4v) is 3.39. The highest BCUT2D eigenvalue weighted by atomic mass is 32.1. The van der Waals surface area contributed by atoms with Gasteiger partial charge in [0.25, 0.3) is 0 Å². The summed E-state index contributed by atoms with van der Waals surface area (Å²) in [5, 5.41) is 7.41. The van der Waals surface area contributed by atoms with Crippen LogP contribution in [0.4, 0.5) is 11.4 Å². The van der Waals surface area contributed by atoms with E-state index in [-0.39, 0.29) is 0 Å². The van der Waals surface area contributed by atoms with E-state index in [1.54, 1.807) is 0 Å². The van der Waals surface area contributed by atoms with Gasteiger partial charge in [0.05, 0.1) is 0 Å². The number of hydrogen-bond acceptors (Lipinski definition) is 1. The minimum Gasteiger partial charge on any atom is -0.332 e. The first-order chi connectivity index (χ1) is 10.6. The van der Waals surface area contributed by atoms with Gasteiger partial charge >= 0.3 is 0 Å². The van der Waals surface area contributed by atoms with Gasteiger partial charge in [-0.2, -0.15) is 0 Å². The molecule has 0 aliphatic heterocycles. The highest BCUT2D eigenvalue weighted by Gasteiger charge is 2.13. The van der Waals surface area contributed by atoms with Gasteiger partial charge in [0.1, 0.15) is 0 Å². The first kappa shape index (κ1) is 15.0. The molecule has 22 heavy (non-hydrogen) atoms. The molecule has 0 aromatic heterocycles. The van der Waals surface area contributed by atoms with E-state index in [9.17, 15) is 0 Å². The van der Waals surface area contributed by atoms with Crippen molar-refractivity contribution in [3.8, 4) is 0 Å². The number of para-hydroxylation sites is 1. The van der Waals surface area contributed by atoms with Crippen LogP contribution < -0.4 is 10.6 Å². The second-order valence-electron chi connectivity index (χ2n) is 6.00. The predicted molar refractivity (Wildman–Crippen MR) is 98.8 cm³/mol. The Morgan fingerprint density at radius 1 is 0.909 bits per heavy atom. The van der Waals surface area contributed by atoms with Crippen molar-refractivity contribution in [1.29, 1.82) is 0 Å². The maximum Gasteiger partial charge on any atom is 0.175 e. The molecule has 0 radical (unpaired) electrons. The molecule has 2 N–H and O–H groups in total. The first-order valence-corrected chi connectivity index (χ1v) is 8.31. The minimum absolute atomic E-state index is 0.663. The third-order valence-corrected chi connectivity index (χ3v) is 4.57. The fourth-order valence-electron chi connectivity index (χ4n) is 3.18. The van der Waals surface area contributed by atoms with Crippen LogP contribution in [0.5, 0.6) is 0 Å². The van der Waals surface area contributed by atoms with Crippen LogP contribution in [-0.4, -0.2) is 5.11 Å². The van der Waals surface area contributed by atoms with Crippen LogP contribution >= 0.6 is 12.2 Å². The quantitative estimate of drug-likeness (QED) is 0.764. The minimum atomic E-state index is 0.663. The highest BCUT2D eigenvalue weighted by molar-refractivity contribution is 7.80. The van der Waals surface area contributed by atoms with Crippen molar-refractivity contribution in [2.45, 2.75) is 39.5 Å². The summed E-state index contributed by atoms with van der Waals surface area (Å²) < 4.78 is 0. The smallest absolute Gasteiger partial charge is 0.175 e. The molecule has 0 heterocycles. The van der Waals surface area contributed by atoms with Gasteiger partial charge in [-0.1, -0.05) is 30.3 Å². The Hall–Kier alpha value is -1.87. The van der Waals surface area contributed by atoms with E-state index in [0.29, 0.717) is 5.11 Å². The third kappa shape index (κ3) is 3.14. The van der Waals surface area contributed by atoms with Gasteiger partial charge in [-0.15, -0.1) is 0 Å². The molecular formula is C19H22N2S. The monoisotopic (exact) mass is 310 g/mol. The Balaban J connectivity index is 1.78. The standard InChI is InChI=1S/C19H22N2S/c1-13-7-5-8-14(2)18(13)21-19(22)20-17-12-6-10-15-9-3-4-11-16(15)17/h5-8,10,12H,3-4,9,11H2,1-2H3,(H2,20,21,22). The number of aryl methyl sites for hydroxylation is 3. The van der Waals surface area contributed by atoms with Crippen LogP contribution in [0, 0.1) is 13.8 Å². The lowest BCUT2D eigenvalue weighted by atomic mass is 9.90. The van der Waals surface area contributed by atoms with E-state index in [1.165, 1.54) is 41.5 Å². The molecule has 1 aliphatic carbocycles. The SMILES string of the molecule is Cc1cccc(C)c1NC(=S)Nc1cccc2c1CCCC2. The summed E-state index contributed by atoms with van der Waals surface area (Å²) >= 11 is 5.52.